The fourth-order valence-corrected chi connectivity index (χ4v) is 2.31. The number of fused-ring (bicyclic) bond motifs is 1. The number of halogens is 3. The summed E-state index contributed by atoms with van der Waals surface area (Å²) in [5, 5.41) is 0. The molecule has 0 aliphatic rings. The van der Waals surface area contributed by atoms with Crippen molar-refractivity contribution >= 4 is 11.1 Å². The highest BCUT2D eigenvalue weighted by atomic mass is 19.4. The Balaban J connectivity index is 1.93. The zero-order valence-corrected chi connectivity index (χ0v) is 12.5. The van der Waals surface area contributed by atoms with Crippen LogP contribution in [0.2, 0.25) is 0 Å². The van der Waals surface area contributed by atoms with Crippen molar-refractivity contribution in [2.24, 2.45) is 0 Å². The highest BCUT2D eigenvalue weighted by molar-refractivity contribution is 5.74. The maximum atomic E-state index is 12.2. The van der Waals surface area contributed by atoms with Gasteiger partial charge in [-0.2, -0.15) is 0 Å². The maximum absolute atomic E-state index is 12.2. The normalized spacial score (nSPS) is 11.7. The Morgan fingerprint density at radius 2 is 1.75 bits per heavy atom. The van der Waals surface area contributed by atoms with Crippen LogP contribution in [-0.4, -0.2) is 18.0 Å². The van der Waals surface area contributed by atoms with Gasteiger partial charge in [-0.05, 0) is 29.8 Å². The topological polar surface area (TPSA) is 53.6 Å². The highest BCUT2D eigenvalue weighted by Gasteiger charge is 2.31. The first-order valence-electron chi connectivity index (χ1n) is 6.88. The number of rotatable bonds is 4. The molecule has 0 radical (unpaired) electrons. The molecule has 0 saturated heterocycles. The maximum Gasteiger partial charge on any atom is 0.573 e. The van der Waals surface area contributed by atoms with E-state index in [4.69, 9.17) is 9.15 Å². The van der Waals surface area contributed by atoms with Gasteiger partial charge in [0.2, 0.25) is 0 Å². The lowest BCUT2D eigenvalue weighted by Crippen LogP contribution is -2.17. The third-order valence-corrected chi connectivity index (χ3v) is 3.37. The molecule has 0 saturated carbocycles. The predicted molar refractivity (Wildman–Crippen MR) is 79.3 cm³/mol. The Kier molecular flexibility index (Phi) is 3.96. The van der Waals surface area contributed by atoms with Crippen LogP contribution in [0.25, 0.3) is 11.1 Å². The molecule has 24 heavy (non-hydrogen) atoms. The average Bonchev–Trinajstić information content (AvgIpc) is 2.81. The molecule has 0 unspecified atom stereocenters. The first kappa shape index (κ1) is 16.0. The molecule has 0 N–H and O–H groups in total. The lowest BCUT2D eigenvalue weighted by atomic mass is 10.2. The summed E-state index contributed by atoms with van der Waals surface area (Å²) in [5.74, 6) is -0.428. The van der Waals surface area contributed by atoms with Crippen LogP contribution in [0.15, 0.2) is 51.7 Å². The number of benzene rings is 2. The van der Waals surface area contributed by atoms with Crippen molar-refractivity contribution in [2.75, 3.05) is 7.11 Å². The van der Waals surface area contributed by atoms with E-state index in [1.807, 2.05) is 0 Å². The number of ether oxygens (including phenoxy) is 2. The van der Waals surface area contributed by atoms with Crippen molar-refractivity contribution in [1.82, 2.24) is 4.57 Å². The van der Waals surface area contributed by atoms with Crippen molar-refractivity contribution in [3.63, 3.8) is 0 Å². The second-order valence-electron chi connectivity index (χ2n) is 4.98. The summed E-state index contributed by atoms with van der Waals surface area (Å²) < 4.78 is 51.9. The standard InChI is InChI=1S/C16H12F3NO4/c1-22-11-4-2-10(3-5-11)9-20-13-7-6-12(24-16(17,18)19)8-14(13)23-15(20)21/h2-8H,9H2,1H3. The molecule has 3 rings (SSSR count). The summed E-state index contributed by atoms with van der Waals surface area (Å²) in [6, 6.07) is 10.6. The number of aromatic nitrogens is 1. The van der Waals surface area contributed by atoms with E-state index in [2.05, 4.69) is 4.74 Å². The number of methoxy groups -OCH3 is 1. The van der Waals surface area contributed by atoms with Gasteiger partial charge in [0.1, 0.15) is 11.5 Å². The molecule has 0 atom stereocenters. The fraction of sp³-hybridized carbons (Fsp3) is 0.188. The molecule has 0 bridgehead atoms. The molecule has 2 aromatic carbocycles. The lowest BCUT2D eigenvalue weighted by molar-refractivity contribution is -0.274. The zero-order chi connectivity index (χ0) is 17.3. The van der Waals surface area contributed by atoms with Gasteiger partial charge in [-0.25, -0.2) is 4.79 Å². The van der Waals surface area contributed by atoms with Crippen LogP contribution < -0.4 is 15.2 Å². The van der Waals surface area contributed by atoms with Crippen molar-refractivity contribution < 1.29 is 27.1 Å². The van der Waals surface area contributed by atoms with Crippen LogP contribution >= 0.6 is 0 Å². The van der Waals surface area contributed by atoms with Gasteiger partial charge >= 0.3 is 12.1 Å². The number of hydrogen-bond donors (Lipinski definition) is 0. The van der Waals surface area contributed by atoms with Crippen LogP contribution in [0.4, 0.5) is 13.2 Å². The van der Waals surface area contributed by atoms with Gasteiger partial charge in [-0.3, -0.25) is 4.57 Å². The Morgan fingerprint density at radius 1 is 1.08 bits per heavy atom. The van der Waals surface area contributed by atoms with Gasteiger partial charge in [-0.1, -0.05) is 12.1 Å². The van der Waals surface area contributed by atoms with Crippen LogP contribution in [0.1, 0.15) is 5.56 Å². The SMILES string of the molecule is COc1ccc(Cn2c(=O)oc3cc(OC(F)(F)F)ccc32)cc1. The minimum atomic E-state index is -4.81. The van der Waals surface area contributed by atoms with Gasteiger partial charge in [0.05, 0.1) is 19.2 Å². The molecular weight excluding hydrogens is 327 g/mol. The van der Waals surface area contributed by atoms with Crippen LogP contribution in [0.5, 0.6) is 11.5 Å². The molecule has 8 heteroatoms. The van der Waals surface area contributed by atoms with E-state index in [1.54, 1.807) is 31.4 Å². The molecule has 0 fully saturated rings. The number of oxazole rings is 1. The molecule has 0 aliphatic heterocycles. The molecule has 126 valence electrons. The Labute approximate surface area is 133 Å². The third kappa shape index (κ3) is 3.37. The van der Waals surface area contributed by atoms with Gasteiger partial charge in [0.25, 0.3) is 0 Å². The largest absolute Gasteiger partial charge is 0.573 e. The van der Waals surface area contributed by atoms with Gasteiger partial charge in [0.15, 0.2) is 5.58 Å². The molecule has 1 heterocycles. The Morgan fingerprint density at radius 3 is 2.38 bits per heavy atom. The highest BCUT2D eigenvalue weighted by Crippen LogP contribution is 2.26. The van der Waals surface area contributed by atoms with E-state index in [9.17, 15) is 18.0 Å². The molecular formula is C16H12F3NO4. The lowest BCUT2D eigenvalue weighted by Gasteiger charge is -2.08. The van der Waals surface area contributed by atoms with Gasteiger partial charge in [0, 0.05) is 6.07 Å². The average molecular weight is 339 g/mol. The van der Waals surface area contributed by atoms with E-state index < -0.39 is 17.9 Å². The summed E-state index contributed by atoms with van der Waals surface area (Å²) in [5.41, 5.74) is 1.22. The van der Waals surface area contributed by atoms with Crippen LogP contribution in [0.3, 0.4) is 0 Å². The monoisotopic (exact) mass is 339 g/mol. The summed E-state index contributed by atoms with van der Waals surface area (Å²) in [6.45, 7) is 0.218. The summed E-state index contributed by atoms with van der Waals surface area (Å²) in [7, 11) is 1.55. The van der Waals surface area contributed by atoms with Crippen molar-refractivity contribution in [3.8, 4) is 11.5 Å². The van der Waals surface area contributed by atoms with E-state index in [0.717, 1.165) is 17.7 Å². The minimum absolute atomic E-state index is 0.0234. The van der Waals surface area contributed by atoms with Crippen LogP contribution in [-0.2, 0) is 6.54 Å². The minimum Gasteiger partial charge on any atom is -0.497 e. The molecule has 0 spiro atoms. The fourth-order valence-electron chi connectivity index (χ4n) is 2.31. The second-order valence-corrected chi connectivity index (χ2v) is 4.98. The smallest absolute Gasteiger partial charge is 0.497 e. The predicted octanol–water partition coefficient (Wildman–Crippen LogP) is 3.55. The molecule has 5 nitrogen and oxygen atoms in total. The first-order chi connectivity index (χ1) is 11.4. The van der Waals surface area contributed by atoms with E-state index >= 15 is 0 Å². The first-order valence-corrected chi connectivity index (χ1v) is 6.88. The van der Waals surface area contributed by atoms with Crippen molar-refractivity contribution in [1.29, 1.82) is 0 Å². The van der Waals surface area contributed by atoms with E-state index in [0.29, 0.717) is 11.3 Å². The quantitative estimate of drug-likeness (QED) is 0.729. The summed E-state index contributed by atoms with van der Waals surface area (Å²) >= 11 is 0. The van der Waals surface area contributed by atoms with Crippen molar-refractivity contribution in [2.45, 2.75) is 12.9 Å². The molecule has 0 amide bonds. The van der Waals surface area contributed by atoms with Gasteiger partial charge in [-0.15, -0.1) is 13.2 Å². The van der Waals surface area contributed by atoms with Crippen LogP contribution in [0, 0.1) is 0 Å². The number of alkyl halides is 3. The zero-order valence-electron chi connectivity index (χ0n) is 12.5. The number of nitrogens with zero attached hydrogens (tertiary/aromatic N) is 1. The summed E-state index contributed by atoms with van der Waals surface area (Å²) in [6.07, 6.45) is -4.81. The van der Waals surface area contributed by atoms with Gasteiger partial charge < -0.3 is 13.9 Å². The van der Waals surface area contributed by atoms with E-state index in [1.165, 1.54) is 10.6 Å². The van der Waals surface area contributed by atoms with E-state index in [-0.39, 0.29) is 12.1 Å². The third-order valence-electron chi connectivity index (χ3n) is 3.37. The Bertz CT molecular complexity index is 910. The van der Waals surface area contributed by atoms with Crippen molar-refractivity contribution in [3.05, 3.63) is 58.6 Å². The number of hydrogen-bond acceptors (Lipinski definition) is 4. The molecule has 3 aromatic rings. The summed E-state index contributed by atoms with van der Waals surface area (Å²) in [4.78, 5) is 12.0. The Hall–Kier alpha value is -2.90. The second kappa shape index (κ2) is 5.95. The molecule has 0 aliphatic carbocycles. The molecule has 1 aromatic heterocycles.